The molecule has 1 unspecified atom stereocenters. The summed E-state index contributed by atoms with van der Waals surface area (Å²) in [5, 5.41) is 0.113. The Morgan fingerprint density at radius 2 is 2.28 bits per heavy atom. The molecule has 0 radical (unpaired) electrons. The highest BCUT2D eigenvalue weighted by Crippen LogP contribution is 2.38. The molecular formula is C13H15ClFN3. The van der Waals surface area contributed by atoms with Crippen LogP contribution in [0.5, 0.6) is 0 Å². The number of nitrogens with zero attached hydrogens (tertiary/aromatic N) is 2. The maximum atomic E-state index is 13.4. The first-order chi connectivity index (χ1) is 8.56. The molecule has 3 rings (SSSR count). The molecule has 1 aliphatic rings. The molecule has 1 saturated carbocycles. The quantitative estimate of drug-likeness (QED) is 0.920. The van der Waals surface area contributed by atoms with Crippen LogP contribution in [-0.4, -0.2) is 9.55 Å². The first kappa shape index (κ1) is 11.8. The van der Waals surface area contributed by atoms with Crippen LogP contribution in [0.4, 0.5) is 10.3 Å². The maximum Gasteiger partial charge on any atom is 0.201 e. The van der Waals surface area contributed by atoms with Gasteiger partial charge in [-0.05, 0) is 25.3 Å². The molecule has 96 valence electrons. The van der Waals surface area contributed by atoms with Crippen molar-refractivity contribution in [2.45, 2.75) is 32.2 Å². The van der Waals surface area contributed by atoms with E-state index in [-0.39, 0.29) is 11.1 Å². The molecule has 0 bridgehead atoms. The van der Waals surface area contributed by atoms with Crippen molar-refractivity contribution in [2.75, 3.05) is 5.73 Å². The Kier molecular flexibility index (Phi) is 2.70. The first-order valence-corrected chi connectivity index (χ1v) is 6.56. The van der Waals surface area contributed by atoms with E-state index in [9.17, 15) is 4.39 Å². The average molecular weight is 268 g/mol. The fourth-order valence-electron chi connectivity index (χ4n) is 2.51. The molecule has 1 fully saturated rings. The molecule has 0 aliphatic heterocycles. The van der Waals surface area contributed by atoms with E-state index in [1.54, 1.807) is 6.07 Å². The fraction of sp³-hybridized carbons (Fsp3) is 0.462. The minimum atomic E-state index is -0.455. The highest BCUT2D eigenvalue weighted by Gasteiger charge is 2.26. The number of nitrogen functional groups attached to an aromatic ring is 1. The van der Waals surface area contributed by atoms with Gasteiger partial charge < -0.3 is 10.3 Å². The van der Waals surface area contributed by atoms with Crippen molar-refractivity contribution in [1.29, 1.82) is 0 Å². The van der Waals surface area contributed by atoms with Crippen molar-refractivity contribution in [2.24, 2.45) is 5.92 Å². The number of nitrogens with two attached hydrogens (primary N) is 1. The summed E-state index contributed by atoms with van der Waals surface area (Å²) in [6.45, 7) is 2.12. The second kappa shape index (κ2) is 4.12. The summed E-state index contributed by atoms with van der Waals surface area (Å²) in [6.07, 6.45) is 3.68. The van der Waals surface area contributed by atoms with Crippen molar-refractivity contribution < 1.29 is 4.39 Å². The highest BCUT2D eigenvalue weighted by atomic mass is 35.5. The lowest BCUT2D eigenvalue weighted by molar-refractivity contribution is 0.492. The van der Waals surface area contributed by atoms with Gasteiger partial charge in [0.25, 0.3) is 0 Å². The Morgan fingerprint density at radius 1 is 1.56 bits per heavy atom. The molecule has 0 spiro atoms. The number of hydrogen-bond acceptors (Lipinski definition) is 2. The summed E-state index contributed by atoms with van der Waals surface area (Å²) in [7, 11) is 0. The number of rotatable bonds is 3. The fourth-order valence-corrected chi connectivity index (χ4v) is 2.67. The number of anilines is 1. The second-order valence-electron chi connectivity index (χ2n) is 5.12. The molecule has 5 heteroatoms. The lowest BCUT2D eigenvalue weighted by Crippen LogP contribution is -2.09. The molecule has 1 heterocycles. The van der Waals surface area contributed by atoms with Gasteiger partial charge in [-0.25, -0.2) is 9.37 Å². The van der Waals surface area contributed by atoms with E-state index in [0.29, 0.717) is 11.5 Å². The van der Waals surface area contributed by atoms with E-state index in [1.807, 2.05) is 4.57 Å². The van der Waals surface area contributed by atoms with Gasteiger partial charge in [0.2, 0.25) is 5.95 Å². The second-order valence-corrected chi connectivity index (χ2v) is 5.53. The number of hydrogen-bond donors (Lipinski definition) is 1. The van der Waals surface area contributed by atoms with Crippen molar-refractivity contribution >= 4 is 28.6 Å². The number of aromatic nitrogens is 2. The molecule has 2 N–H and O–H groups in total. The van der Waals surface area contributed by atoms with Gasteiger partial charge in [-0.15, -0.1) is 0 Å². The molecule has 3 nitrogen and oxygen atoms in total. The van der Waals surface area contributed by atoms with Crippen molar-refractivity contribution in [3.8, 4) is 0 Å². The van der Waals surface area contributed by atoms with Gasteiger partial charge >= 0.3 is 0 Å². The van der Waals surface area contributed by atoms with Crippen LogP contribution in [0.2, 0.25) is 5.02 Å². The van der Waals surface area contributed by atoms with Crippen molar-refractivity contribution in [3.63, 3.8) is 0 Å². The molecule has 2 aromatic rings. The first-order valence-electron chi connectivity index (χ1n) is 6.18. The SMILES string of the molecule is CC(CC1CC1)n1c(N)nc2cc(F)c(Cl)cc21. The van der Waals surface area contributed by atoms with Crippen molar-refractivity contribution in [3.05, 3.63) is 23.0 Å². The molecular weight excluding hydrogens is 253 g/mol. The average Bonchev–Trinajstić information content (AvgIpc) is 3.03. The van der Waals surface area contributed by atoms with E-state index >= 15 is 0 Å². The van der Waals surface area contributed by atoms with Gasteiger partial charge in [-0.3, -0.25) is 0 Å². The zero-order valence-corrected chi connectivity index (χ0v) is 10.9. The summed E-state index contributed by atoms with van der Waals surface area (Å²) in [4.78, 5) is 4.21. The van der Waals surface area contributed by atoms with Crippen LogP contribution < -0.4 is 5.73 Å². The lowest BCUT2D eigenvalue weighted by atomic mass is 10.1. The molecule has 18 heavy (non-hydrogen) atoms. The Labute approximate surface area is 110 Å². The minimum absolute atomic E-state index is 0.113. The van der Waals surface area contributed by atoms with E-state index in [4.69, 9.17) is 17.3 Å². The normalized spacial score (nSPS) is 17.3. The van der Waals surface area contributed by atoms with Crippen molar-refractivity contribution in [1.82, 2.24) is 9.55 Å². The molecule has 1 aromatic carbocycles. The van der Waals surface area contributed by atoms with Gasteiger partial charge in [-0.2, -0.15) is 0 Å². The third-order valence-electron chi connectivity index (χ3n) is 3.57. The van der Waals surface area contributed by atoms with E-state index in [0.717, 1.165) is 17.9 Å². The van der Waals surface area contributed by atoms with Crippen LogP contribution in [0, 0.1) is 11.7 Å². The predicted octanol–water partition coefficient (Wildman–Crippen LogP) is 3.77. The smallest absolute Gasteiger partial charge is 0.201 e. The number of fused-ring (bicyclic) bond motifs is 1. The molecule has 1 atom stereocenters. The molecule has 0 saturated heterocycles. The Balaban J connectivity index is 2.08. The third-order valence-corrected chi connectivity index (χ3v) is 3.86. The van der Waals surface area contributed by atoms with Gasteiger partial charge in [0.1, 0.15) is 5.82 Å². The monoisotopic (exact) mass is 267 g/mol. The predicted molar refractivity (Wildman–Crippen MR) is 71.2 cm³/mol. The van der Waals surface area contributed by atoms with E-state index in [1.165, 1.54) is 18.9 Å². The zero-order chi connectivity index (χ0) is 12.9. The van der Waals surface area contributed by atoms with Crippen LogP contribution in [0.3, 0.4) is 0 Å². The number of benzene rings is 1. The molecule has 1 aromatic heterocycles. The third kappa shape index (κ3) is 1.94. The van der Waals surface area contributed by atoms with Gasteiger partial charge in [0.15, 0.2) is 0 Å². The zero-order valence-electron chi connectivity index (χ0n) is 10.2. The Hall–Kier alpha value is -1.29. The van der Waals surface area contributed by atoms with Gasteiger partial charge in [0, 0.05) is 12.1 Å². The van der Waals surface area contributed by atoms with Crippen LogP contribution >= 0.6 is 11.6 Å². The largest absolute Gasteiger partial charge is 0.369 e. The van der Waals surface area contributed by atoms with E-state index in [2.05, 4.69) is 11.9 Å². The topological polar surface area (TPSA) is 43.8 Å². The standard InChI is InChI=1S/C13H15ClFN3/c1-7(4-8-2-3-8)18-12-5-9(14)10(15)6-11(12)17-13(18)16/h5-8H,2-4H2,1H3,(H2,16,17). The highest BCUT2D eigenvalue weighted by molar-refractivity contribution is 6.31. The summed E-state index contributed by atoms with van der Waals surface area (Å²) < 4.78 is 15.3. The molecule has 0 amide bonds. The van der Waals surface area contributed by atoms with Gasteiger partial charge in [-0.1, -0.05) is 24.4 Å². The van der Waals surface area contributed by atoms with E-state index < -0.39 is 5.82 Å². The summed E-state index contributed by atoms with van der Waals surface area (Å²) >= 11 is 5.83. The molecule has 1 aliphatic carbocycles. The maximum absolute atomic E-state index is 13.4. The van der Waals surface area contributed by atoms with Crippen LogP contribution in [0.15, 0.2) is 12.1 Å². The van der Waals surface area contributed by atoms with Crippen LogP contribution in [0.1, 0.15) is 32.2 Å². The number of imidazole rings is 1. The summed E-state index contributed by atoms with van der Waals surface area (Å²) in [5.74, 6) is 0.774. The minimum Gasteiger partial charge on any atom is -0.369 e. The van der Waals surface area contributed by atoms with Gasteiger partial charge in [0.05, 0.1) is 16.1 Å². The Morgan fingerprint density at radius 3 is 2.94 bits per heavy atom. The lowest BCUT2D eigenvalue weighted by Gasteiger charge is -2.15. The summed E-state index contributed by atoms with van der Waals surface area (Å²) in [6, 6.07) is 3.22. The Bertz CT molecular complexity index is 604. The summed E-state index contributed by atoms with van der Waals surface area (Å²) in [5.41, 5.74) is 7.32. The van der Waals surface area contributed by atoms with Crippen LogP contribution in [0.25, 0.3) is 11.0 Å². The number of halogens is 2. The van der Waals surface area contributed by atoms with Crippen LogP contribution in [-0.2, 0) is 0 Å².